The zero-order chi connectivity index (χ0) is 4.28. The van der Waals surface area contributed by atoms with Crippen LogP contribution in [0.1, 0.15) is 0 Å². The Kier molecular flexibility index (Phi) is 2.84. The second-order valence-corrected chi connectivity index (χ2v) is 6.06. The third-order valence-corrected chi connectivity index (χ3v) is 1.20. The normalized spacial score (nSPS) is 10.4. The standard InChI is InChI=1S/C3H7IO/c1-4(2)3-5/h3H,1-2H3. The van der Waals surface area contributed by atoms with E-state index in [9.17, 15) is 4.79 Å². The number of alkyl halides is 2. The minimum atomic E-state index is -0.963. The van der Waals surface area contributed by atoms with Gasteiger partial charge in [0, 0.05) is 0 Å². The van der Waals surface area contributed by atoms with E-state index in [2.05, 4.69) is 0 Å². The van der Waals surface area contributed by atoms with Crippen LogP contribution in [0.15, 0.2) is 0 Å². The second-order valence-electron chi connectivity index (χ2n) is 0.903. The molecule has 5 heavy (non-hydrogen) atoms. The summed E-state index contributed by atoms with van der Waals surface area (Å²) < 4.78 is 1.07. The van der Waals surface area contributed by atoms with Gasteiger partial charge in [0.05, 0.1) is 0 Å². The van der Waals surface area contributed by atoms with Crippen molar-refractivity contribution in [1.29, 1.82) is 0 Å². The molecule has 2 heteroatoms. The first-order chi connectivity index (χ1) is 2.27. The van der Waals surface area contributed by atoms with Gasteiger partial charge in [-0.3, -0.25) is 0 Å². The fraction of sp³-hybridized carbons (Fsp3) is 0.667. The Morgan fingerprint density at radius 1 is 1.60 bits per heavy atom. The zero-order valence-corrected chi connectivity index (χ0v) is 5.52. The third-order valence-electron chi connectivity index (χ3n) is 0.178. The molecule has 0 amide bonds. The predicted octanol–water partition coefficient (Wildman–Crippen LogP) is 0.943. The average Bonchev–Trinajstić information content (AvgIpc) is 1.38. The Bertz CT molecular complexity index is 33.9. The molecule has 0 aliphatic carbocycles. The van der Waals surface area contributed by atoms with Crippen LogP contribution in [0.3, 0.4) is 0 Å². The number of carbonyl (C=O) groups is 1. The quantitative estimate of drug-likeness (QED) is 0.258. The van der Waals surface area contributed by atoms with Gasteiger partial charge in [-0.05, 0) is 0 Å². The SMILES string of the molecule is CI(C)C=O. The molecule has 0 saturated heterocycles. The second kappa shape index (κ2) is 2.63. The summed E-state index contributed by atoms with van der Waals surface area (Å²) in [7, 11) is 0. The molecule has 0 atom stereocenters. The molecule has 0 fully saturated rings. The van der Waals surface area contributed by atoms with Crippen molar-refractivity contribution in [2.75, 3.05) is 9.86 Å². The maximum absolute atomic E-state index is 9.57. The maximum atomic E-state index is 9.57. The Morgan fingerprint density at radius 3 is 1.80 bits per heavy atom. The molecule has 0 aromatic carbocycles. The van der Waals surface area contributed by atoms with Gasteiger partial charge in [-0.25, -0.2) is 0 Å². The molecule has 0 N–H and O–H groups in total. The first-order valence-electron chi connectivity index (χ1n) is 1.21. The van der Waals surface area contributed by atoms with E-state index in [-0.39, 0.29) is 0 Å². The Labute approximate surface area is 39.1 Å². The molecule has 0 aliphatic rings. The molecule has 0 aromatic rings. The molecular weight excluding hydrogens is 179 g/mol. The van der Waals surface area contributed by atoms with E-state index in [0.717, 1.165) is 4.29 Å². The number of hydrogen-bond donors (Lipinski definition) is 0. The number of carbonyl (C=O) groups excluding carboxylic acids is 1. The van der Waals surface area contributed by atoms with Crippen molar-refractivity contribution >= 4 is 24.1 Å². The Morgan fingerprint density at radius 2 is 1.80 bits per heavy atom. The van der Waals surface area contributed by atoms with E-state index in [1.165, 1.54) is 0 Å². The van der Waals surface area contributed by atoms with E-state index in [1.807, 2.05) is 9.86 Å². The molecule has 32 valence electrons. The zero-order valence-electron chi connectivity index (χ0n) is 3.36. The molecule has 0 aliphatic heterocycles. The van der Waals surface area contributed by atoms with Gasteiger partial charge in [-0.15, -0.1) is 0 Å². The van der Waals surface area contributed by atoms with Gasteiger partial charge in [0.25, 0.3) is 0 Å². The van der Waals surface area contributed by atoms with Gasteiger partial charge in [0.15, 0.2) is 0 Å². The van der Waals surface area contributed by atoms with Crippen LogP contribution in [0, 0.1) is 0 Å². The topological polar surface area (TPSA) is 17.1 Å². The molecule has 0 rings (SSSR count). The van der Waals surface area contributed by atoms with Gasteiger partial charge >= 0.3 is 38.8 Å². The van der Waals surface area contributed by atoms with Gasteiger partial charge in [0.2, 0.25) is 0 Å². The van der Waals surface area contributed by atoms with Crippen LogP contribution in [0.25, 0.3) is 0 Å². The molecular formula is C3H7IO. The van der Waals surface area contributed by atoms with Gasteiger partial charge in [0.1, 0.15) is 0 Å². The minimum absolute atomic E-state index is 0.963. The van der Waals surface area contributed by atoms with E-state index in [0.29, 0.717) is 0 Å². The van der Waals surface area contributed by atoms with Gasteiger partial charge in [-0.2, -0.15) is 0 Å². The summed E-state index contributed by atoms with van der Waals surface area (Å²) >= 11 is -0.963. The van der Waals surface area contributed by atoms with Crippen LogP contribution in [0.5, 0.6) is 0 Å². The summed E-state index contributed by atoms with van der Waals surface area (Å²) in [5.41, 5.74) is 0. The Hall–Kier alpha value is 0.400. The van der Waals surface area contributed by atoms with Crippen molar-refractivity contribution in [1.82, 2.24) is 0 Å². The summed E-state index contributed by atoms with van der Waals surface area (Å²) in [6.07, 6.45) is 0. The van der Waals surface area contributed by atoms with Gasteiger partial charge in [-0.1, -0.05) is 0 Å². The fourth-order valence-electron chi connectivity index (χ4n) is 0. The van der Waals surface area contributed by atoms with Crippen LogP contribution in [-0.2, 0) is 4.79 Å². The van der Waals surface area contributed by atoms with Crippen LogP contribution in [-0.4, -0.2) is 14.2 Å². The van der Waals surface area contributed by atoms with Crippen molar-refractivity contribution in [3.63, 3.8) is 0 Å². The van der Waals surface area contributed by atoms with E-state index >= 15 is 0 Å². The average molecular weight is 186 g/mol. The monoisotopic (exact) mass is 186 g/mol. The van der Waals surface area contributed by atoms with Crippen LogP contribution in [0.4, 0.5) is 0 Å². The molecule has 0 unspecified atom stereocenters. The number of rotatable bonds is 1. The number of hydrogen-bond acceptors (Lipinski definition) is 1. The van der Waals surface area contributed by atoms with E-state index in [1.54, 1.807) is 0 Å². The van der Waals surface area contributed by atoms with E-state index in [4.69, 9.17) is 0 Å². The van der Waals surface area contributed by atoms with Gasteiger partial charge < -0.3 is 0 Å². The summed E-state index contributed by atoms with van der Waals surface area (Å²) in [5, 5.41) is 0. The molecule has 0 radical (unpaired) electrons. The van der Waals surface area contributed by atoms with Crippen LogP contribution >= 0.6 is 19.8 Å². The summed E-state index contributed by atoms with van der Waals surface area (Å²) in [6.45, 7) is 0. The van der Waals surface area contributed by atoms with Crippen molar-refractivity contribution in [3.05, 3.63) is 0 Å². The van der Waals surface area contributed by atoms with Crippen LogP contribution in [0.2, 0.25) is 0 Å². The fourth-order valence-corrected chi connectivity index (χ4v) is 0. The molecule has 0 spiro atoms. The molecule has 0 bridgehead atoms. The molecule has 0 heterocycles. The molecule has 0 aromatic heterocycles. The van der Waals surface area contributed by atoms with Crippen molar-refractivity contribution in [3.8, 4) is 0 Å². The first-order valence-corrected chi connectivity index (χ1v) is 6.77. The van der Waals surface area contributed by atoms with Crippen molar-refractivity contribution < 1.29 is 4.79 Å². The predicted molar refractivity (Wildman–Crippen MR) is 32.6 cm³/mol. The molecule has 1 nitrogen and oxygen atoms in total. The van der Waals surface area contributed by atoms with Crippen molar-refractivity contribution in [2.45, 2.75) is 0 Å². The summed E-state index contributed by atoms with van der Waals surface area (Å²) in [4.78, 5) is 13.6. The third kappa shape index (κ3) is 4.40. The number of halogens is 1. The summed E-state index contributed by atoms with van der Waals surface area (Å²) in [5.74, 6) is 0. The van der Waals surface area contributed by atoms with Crippen LogP contribution < -0.4 is 0 Å². The Balaban J connectivity index is 2.83. The van der Waals surface area contributed by atoms with Crippen molar-refractivity contribution in [2.24, 2.45) is 0 Å². The first kappa shape index (κ1) is 5.40. The summed E-state index contributed by atoms with van der Waals surface area (Å²) in [6, 6.07) is 0. The van der Waals surface area contributed by atoms with E-state index < -0.39 is 19.8 Å². The molecule has 0 saturated carbocycles.